The molecule has 1 aromatic rings. The van der Waals surface area contributed by atoms with E-state index in [1.54, 1.807) is 7.05 Å². The van der Waals surface area contributed by atoms with Crippen LogP contribution in [0.25, 0.3) is 0 Å². The molecule has 0 amide bonds. The van der Waals surface area contributed by atoms with E-state index >= 15 is 0 Å². The van der Waals surface area contributed by atoms with Crippen LogP contribution in [-0.4, -0.2) is 39.4 Å². The lowest BCUT2D eigenvalue weighted by atomic mass is 10.1. The first-order valence-electron chi connectivity index (χ1n) is 6.15. The quantitative estimate of drug-likeness (QED) is 0.854. The molecular formula is C12H15F3N2O2S. The monoisotopic (exact) mass is 308 g/mol. The van der Waals surface area contributed by atoms with Gasteiger partial charge in [0.15, 0.2) is 11.6 Å². The summed E-state index contributed by atoms with van der Waals surface area (Å²) < 4.78 is 65.2. The minimum Gasteiger partial charge on any atom is -0.319 e. The predicted molar refractivity (Wildman–Crippen MR) is 67.1 cm³/mol. The second kappa shape index (κ2) is 5.71. The van der Waals surface area contributed by atoms with Crippen molar-refractivity contribution in [3.63, 3.8) is 0 Å². The Morgan fingerprint density at radius 3 is 2.55 bits per heavy atom. The van der Waals surface area contributed by atoms with Gasteiger partial charge in [-0.2, -0.15) is 4.31 Å². The van der Waals surface area contributed by atoms with Crippen LogP contribution in [-0.2, 0) is 10.0 Å². The van der Waals surface area contributed by atoms with Crippen LogP contribution in [0.1, 0.15) is 6.42 Å². The highest BCUT2D eigenvalue weighted by Crippen LogP contribution is 2.27. The van der Waals surface area contributed by atoms with Gasteiger partial charge in [-0.05, 0) is 32.0 Å². The number of sulfonamides is 1. The number of rotatable bonds is 4. The number of halogens is 3. The minimum absolute atomic E-state index is 0.128. The first-order valence-corrected chi connectivity index (χ1v) is 7.59. The molecule has 1 aliphatic rings. The molecule has 1 atom stereocenters. The maximum Gasteiger partial charge on any atom is 0.246 e. The Morgan fingerprint density at radius 2 is 1.90 bits per heavy atom. The normalized spacial score (nSPS) is 20.5. The van der Waals surface area contributed by atoms with Crippen LogP contribution in [0.15, 0.2) is 17.0 Å². The molecule has 0 saturated carbocycles. The van der Waals surface area contributed by atoms with E-state index in [9.17, 15) is 21.6 Å². The van der Waals surface area contributed by atoms with Gasteiger partial charge in [0.2, 0.25) is 10.0 Å². The van der Waals surface area contributed by atoms with Crippen LogP contribution in [0.5, 0.6) is 0 Å². The van der Waals surface area contributed by atoms with E-state index in [1.165, 1.54) is 0 Å². The average molecular weight is 308 g/mol. The van der Waals surface area contributed by atoms with Crippen LogP contribution >= 0.6 is 0 Å². The molecule has 0 spiro atoms. The van der Waals surface area contributed by atoms with Crippen LogP contribution in [0.2, 0.25) is 0 Å². The van der Waals surface area contributed by atoms with Crippen LogP contribution in [0, 0.1) is 23.4 Å². The van der Waals surface area contributed by atoms with Crippen molar-refractivity contribution in [2.24, 2.45) is 5.92 Å². The summed E-state index contributed by atoms with van der Waals surface area (Å²) in [5, 5.41) is 2.94. The van der Waals surface area contributed by atoms with Crippen molar-refractivity contribution in [2.75, 3.05) is 26.7 Å². The molecule has 1 aromatic carbocycles. The number of hydrogen-bond acceptors (Lipinski definition) is 3. The lowest BCUT2D eigenvalue weighted by Crippen LogP contribution is -2.31. The predicted octanol–water partition coefficient (Wildman–Crippen LogP) is 1.33. The third-order valence-electron chi connectivity index (χ3n) is 3.33. The summed E-state index contributed by atoms with van der Waals surface area (Å²) in [6, 6.07) is 0.648. The van der Waals surface area contributed by atoms with Crippen molar-refractivity contribution in [3.8, 4) is 0 Å². The molecule has 0 aliphatic carbocycles. The molecular weight excluding hydrogens is 293 g/mol. The topological polar surface area (TPSA) is 49.4 Å². The van der Waals surface area contributed by atoms with Crippen molar-refractivity contribution in [1.29, 1.82) is 0 Å². The van der Waals surface area contributed by atoms with E-state index < -0.39 is 32.4 Å². The van der Waals surface area contributed by atoms with Gasteiger partial charge in [0.25, 0.3) is 0 Å². The summed E-state index contributed by atoms with van der Waals surface area (Å²) in [5.74, 6) is -3.93. The fourth-order valence-corrected chi connectivity index (χ4v) is 3.90. The Balaban J connectivity index is 2.30. The molecule has 2 rings (SSSR count). The van der Waals surface area contributed by atoms with E-state index in [4.69, 9.17) is 0 Å². The van der Waals surface area contributed by atoms with Crippen molar-refractivity contribution < 1.29 is 21.6 Å². The van der Waals surface area contributed by atoms with Crippen molar-refractivity contribution in [3.05, 3.63) is 29.6 Å². The second-order valence-corrected chi connectivity index (χ2v) is 6.68. The molecule has 1 fully saturated rings. The zero-order valence-electron chi connectivity index (χ0n) is 10.9. The van der Waals surface area contributed by atoms with Gasteiger partial charge in [-0.3, -0.25) is 0 Å². The first kappa shape index (κ1) is 15.3. The van der Waals surface area contributed by atoms with E-state index in [-0.39, 0.29) is 25.1 Å². The molecule has 1 aliphatic heterocycles. The summed E-state index contributed by atoms with van der Waals surface area (Å²) in [4.78, 5) is -0.818. The molecule has 0 bridgehead atoms. The maximum atomic E-state index is 13.6. The van der Waals surface area contributed by atoms with Gasteiger partial charge in [0, 0.05) is 19.2 Å². The molecule has 1 heterocycles. The van der Waals surface area contributed by atoms with Crippen molar-refractivity contribution >= 4 is 10.0 Å². The smallest absolute Gasteiger partial charge is 0.246 e. The number of hydrogen-bond donors (Lipinski definition) is 1. The van der Waals surface area contributed by atoms with E-state index in [1.807, 2.05) is 0 Å². The van der Waals surface area contributed by atoms with Crippen LogP contribution in [0.3, 0.4) is 0 Å². The highest BCUT2D eigenvalue weighted by molar-refractivity contribution is 7.89. The summed E-state index contributed by atoms with van der Waals surface area (Å²) in [6.07, 6.45) is 0.644. The highest BCUT2D eigenvalue weighted by atomic mass is 32.2. The molecule has 1 unspecified atom stereocenters. The zero-order chi connectivity index (χ0) is 14.9. The van der Waals surface area contributed by atoms with E-state index in [0.29, 0.717) is 19.0 Å². The van der Waals surface area contributed by atoms with Gasteiger partial charge in [-0.1, -0.05) is 0 Å². The number of benzene rings is 1. The number of nitrogens with one attached hydrogen (secondary N) is 1. The Hall–Kier alpha value is -1.12. The molecule has 8 heteroatoms. The van der Waals surface area contributed by atoms with Crippen LogP contribution in [0.4, 0.5) is 13.2 Å². The minimum atomic E-state index is -4.14. The van der Waals surface area contributed by atoms with Gasteiger partial charge in [-0.15, -0.1) is 0 Å². The van der Waals surface area contributed by atoms with Gasteiger partial charge in [0.1, 0.15) is 10.7 Å². The average Bonchev–Trinajstić information content (AvgIpc) is 2.83. The Kier molecular flexibility index (Phi) is 4.36. The fourth-order valence-electron chi connectivity index (χ4n) is 2.31. The SMILES string of the molecule is CNCC1CCN(S(=O)(=O)c2cc(F)c(F)cc2F)C1. The highest BCUT2D eigenvalue weighted by Gasteiger charge is 2.34. The third kappa shape index (κ3) is 2.82. The zero-order valence-corrected chi connectivity index (χ0v) is 11.7. The first-order chi connectivity index (χ1) is 9.36. The molecule has 112 valence electrons. The molecule has 4 nitrogen and oxygen atoms in total. The molecule has 0 radical (unpaired) electrons. The van der Waals surface area contributed by atoms with E-state index in [0.717, 1.165) is 4.31 Å². The molecule has 20 heavy (non-hydrogen) atoms. The number of nitrogens with zero attached hydrogens (tertiary/aromatic N) is 1. The summed E-state index contributed by atoms with van der Waals surface area (Å²) in [7, 11) is -2.38. The van der Waals surface area contributed by atoms with Crippen molar-refractivity contribution in [2.45, 2.75) is 11.3 Å². The molecule has 1 saturated heterocycles. The summed E-state index contributed by atoms with van der Waals surface area (Å²) in [6.45, 7) is 1.13. The largest absolute Gasteiger partial charge is 0.319 e. The van der Waals surface area contributed by atoms with Gasteiger partial charge >= 0.3 is 0 Å². The Labute approximate surface area is 115 Å². The standard InChI is InChI=1S/C12H15F3N2O2S/c1-16-6-8-2-3-17(7-8)20(18,19)12-5-10(14)9(13)4-11(12)15/h4-5,8,16H,2-3,6-7H2,1H3. The van der Waals surface area contributed by atoms with Gasteiger partial charge in [-0.25, -0.2) is 21.6 Å². The second-order valence-electron chi connectivity index (χ2n) is 4.77. The van der Waals surface area contributed by atoms with Crippen LogP contribution < -0.4 is 5.32 Å². The Morgan fingerprint density at radius 1 is 1.25 bits per heavy atom. The van der Waals surface area contributed by atoms with Crippen molar-refractivity contribution in [1.82, 2.24) is 9.62 Å². The van der Waals surface area contributed by atoms with Gasteiger partial charge in [0.05, 0.1) is 0 Å². The summed E-state index contributed by atoms with van der Waals surface area (Å²) >= 11 is 0. The van der Waals surface area contributed by atoms with E-state index in [2.05, 4.69) is 5.32 Å². The fraction of sp³-hybridized carbons (Fsp3) is 0.500. The van der Waals surface area contributed by atoms with Gasteiger partial charge < -0.3 is 5.32 Å². The molecule has 1 N–H and O–H groups in total. The maximum absolute atomic E-state index is 13.6. The third-order valence-corrected chi connectivity index (χ3v) is 5.21. The molecule has 0 aromatic heterocycles. The Bertz CT molecular complexity index is 607. The summed E-state index contributed by atoms with van der Waals surface area (Å²) in [5.41, 5.74) is 0. The lowest BCUT2D eigenvalue weighted by Gasteiger charge is -2.17. The lowest BCUT2D eigenvalue weighted by molar-refractivity contribution is 0.440.